The molecule has 0 atom stereocenters. The quantitative estimate of drug-likeness (QED) is 0.632. The van der Waals surface area contributed by atoms with Crippen LogP contribution in [0.2, 0.25) is 0 Å². The normalized spacial score (nSPS) is 10.2. The van der Waals surface area contributed by atoms with Gasteiger partial charge in [0.1, 0.15) is 5.75 Å². The number of carbonyl (C=O) groups excluding carboxylic acids is 1. The lowest BCUT2D eigenvalue weighted by atomic mass is 10.3. The number of carbonyl (C=O) groups is 1. The van der Waals surface area contributed by atoms with Crippen LogP contribution in [0.3, 0.4) is 0 Å². The maximum absolute atomic E-state index is 11.2. The van der Waals surface area contributed by atoms with Gasteiger partial charge in [-0.3, -0.25) is 0 Å². The Balaban J connectivity index is 2.28. The highest BCUT2D eigenvalue weighted by Crippen LogP contribution is 2.07. The number of amides is 1. The highest BCUT2D eigenvalue weighted by molar-refractivity contribution is 6.18. The molecular formula is C11H12ClNO2. The molecule has 0 bridgehead atoms. The van der Waals surface area contributed by atoms with Crippen LogP contribution in [0.15, 0.2) is 42.5 Å². The van der Waals surface area contributed by atoms with Gasteiger partial charge in [-0.1, -0.05) is 30.4 Å². The second kappa shape index (κ2) is 6.90. The minimum absolute atomic E-state index is 0.415. The zero-order chi connectivity index (χ0) is 10.9. The van der Waals surface area contributed by atoms with Crippen molar-refractivity contribution in [1.82, 2.24) is 5.32 Å². The fourth-order valence-electron chi connectivity index (χ4n) is 0.920. The van der Waals surface area contributed by atoms with Crippen LogP contribution >= 0.6 is 11.6 Å². The highest BCUT2D eigenvalue weighted by atomic mass is 35.5. The zero-order valence-electron chi connectivity index (χ0n) is 8.15. The number of nitrogens with one attached hydrogen (secondary N) is 1. The highest BCUT2D eigenvalue weighted by Gasteiger charge is 2.00. The summed E-state index contributed by atoms with van der Waals surface area (Å²) in [5, 5.41) is 2.56. The second-order valence-electron chi connectivity index (χ2n) is 2.71. The first-order valence-corrected chi connectivity index (χ1v) is 5.08. The molecule has 1 amide bonds. The fourth-order valence-corrected chi connectivity index (χ4v) is 1.05. The molecular weight excluding hydrogens is 214 g/mol. The molecule has 1 N–H and O–H groups in total. The van der Waals surface area contributed by atoms with Crippen molar-refractivity contribution in [2.24, 2.45) is 0 Å². The SMILES string of the molecule is O=C(NC/C=C/CCl)Oc1ccccc1. The predicted octanol–water partition coefficient (Wildman–Crippen LogP) is 2.57. The Morgan fingerprint density at radius 3 is 2.73 bits per heavy atom. The summed E-state index contributed by atoms with van der Waals surface area (Å²) < 4.78 is 4.98. The molecule has 0 fully saturated rings. The van der Waals surface area contributed by atoms with Gasteiger partial charge in [0.2, 0.25) is 0 Å². The smallest absolute Gasteiger partial charge is 0.410 e. The molecule has 1 aromatic carbocycles. The van der Waals surface area contributed by atoms with Gasteiger partial charge < -0.3 is 10.1 Å². The zero-order valence-corrected chi connectivity index (χ0v) is 8.91. The van der Waals surface area contributed by atoms with Crippen molar-refractivity contribution < 1.29 is 9.53 Å². The number of hydrogen-bond acceptors (Lipinski definition) is 2. The lowest BCUT2D eigenvalue weighted by molar-refractivity contribution is 0.201. The molecule has 0 saturated carbocycles. The summed E-state index contributed by atoms with van der Waals surface area (Å²) in [6.45, 7) is 0.415. The number of halogens is 1. The van der Waals surface area contributed by atoms with E-state index in [0.29, 0.717) is 18.2 Å². The Morgan fingerprint density at radius 2 is 2.07 bits per heavy atom. The number of alkyl halides is 1. The van der Waals surface area contributed by atoms with Gasteiger partial charge >= 0.3 is 6.09 Å². The molecule has 0 unspecified atom stereocenters. The van der Waals surface area contributed by atoms with E-state index in [4.69, 9.17) is 16.3 Å². The molecule has 15 heavy (non-hydrogen) atoms. The van der Waals surface area contributed by atoms with Crippen LogP contribution in [-0.4, -0.2) is 18.5 Å². The molecule has 0 aliphatic rings. The van der Waals surface area contributed by atoms with Crippen molar-refractivity contribution in [3.63, 3.8) is 0 Å². The Bertz CT molecular complexity index is 325. The second-order valence-corrected chi connectivity index (χ2v) is 3.02. The average molecular weight is 226 g/mol. The average Bonchev–Trinajstić information content (AvgIpc) is 2.26. The van der Waals surface area contributed by atoms with E-state index in [9.17, 15) is 4.79 Å². The number of benzene rings is 1. The summed E-state index contributed by atoms with van der Waals surface area (Å²) >= 11 is 5.42. The van der Waals surface area contributed by atoms with Crippen LogP contribution < -0.4 is 10.1 Å². The van der Waals surface area contributed by atoms with E-state index in [1.54, 1.807) is 36.4 Å². The largest absolute Gasteiger partial charge is 0.412 e. The molecule has 0 saturated heterocycles. The molecule has 3 nitrogen and oxygen atoms in total. The van der Waals surface area contributed by atoms with E-state index < -0.39 is 6.09 Å². The Morgan fingerprint density at radius 1 is 1.33 bits per heavy atom. The van der Waals surface area contributed by atoms with E-state index in [1.807, 2.05) is 6.07 Å². The summed E-state index contributed by atoms with van der Waals surface area (Å²) in [6, 6.07) is 8.89. The van der Waals surface area contributed by atoms with Gasteiger partial charge in [-0.2, -0.15) is 0 Å². The van der Waals surface area contributed by atoms with E-state index in [0.717, 1.165) is 0 Å². The van der Waals surface area contributed by atoms with E-state index in [-0.39, 0.29) is 0 Å². The molecule has 0 aliphatic heterocycles. The maximum atomic E-state index is 11.2. The molecule has 1 aromatic rings. The minimum atomic E-state index is -0.472. The third-order valence-corrected chi connectivity index (χ3v) is 1.75. The molecule has 4 heteroatoms. The fraction of sp³-hybridized carbons (Fsp3) is 0.182. The minimum Gasteiger partial charge on any atom is -0.410 e. The lowest BCUT2D eigenvalue weighted by Gasteiger charge is -2.03. The third kappa shape index (κ3) is 5.08. The van der Waals surface area contributed by atoms with E-state index in [2.05, 4.69) is 5.32 Å². The first-order chi connectivity index (χ1) is 7.33. The van der Waals surface area contributed by atoms with Gasteiger partial charge in [0.25, 0.3) is 0 Å². The van der Waals surface area contributed by atoms with Crippen LogP contribution in [-0.2, 0) is 0 Å². The van der Waals surface area contributed by atoms with Crippen LogP contribution in [0.1, 0.15) is 0 Å². The van der Waals surface area contributed by atoms with Gasteiger partial charge in [-0.05, 0) is 12.1 Å². The Kier molecular flexibility index (Phi) is 5.33. The van der Waals surface area contributed by atoms with Gasteiger partial charge in [-0.15, -0.1) is 11.6 Å². The van der Waals surface area contributed by atoms with E-state index in [1.165, 1.54) is 0 Å². The summed E-state index contributed by atoms with van der Waals surface area (Å²) in [6.07, 6.45) is 3.05. The van der Waals surface area contributed by atoms with Gasteiger partial charge in [-0.25, -0.2) is 4.79 Å². The number of rotatable bonds is 4. The van der Waals surface area contributed by atoms with Crippen LogP contribution in [0, 0.1) is 0 Å². The number of allylic oxidation sites excluding steroid dienone is 1. The molecule has 0 aliphatic carbocycles. The monoisotopic (exact) mass is 225 g/mol. The summed E-state index contributed by atoms with van der Waals surface area (Å²) in [4.78, 5) is 11.2. The van der Waals surface area contributed by atoms with Gasteiger partial charge in [0.15, 0.2) is 0 Å². The van der Waals surface area contributed by atoms with Crippen molar-refractivity contribution in [1.29, 1.82) is 0 Å². The van der Waals surface area contributed by atoms with Gasteiger partial charge in [0.05, 0.1) is 0 Å². The van der Waals surface area contributed by atoms with Gasteiger partial charge in [0, 0.05) is 12.4 Å². The molecule has 0 radical (unpaired) electrons. The topological polar surface area (TPSA) is 38.3 Å². The predicted molar refractivity (Wildman–Crippen MR) is 60.3 cm³/mol. The first kappa shape index (κ1) is 11.6. The summed E-state index contributed by atoms with van der Waals surface area (Å²) in [7, 11) is 0. The maximum Gasteiger partial charge on any atom is 0.412 e. The van der Waals surface area contributed by atoms with Crippen LogP contribution in [0.4, 0.5) is 4.79 Å². The van der Waals surface area contributed by atoms with E-state index >= 15 is 0 Å². The van der Waals surface area contributed by atoms with Crippen LogP contribution in [0.5, 0.6) is 5.75 Å². The third-order valence-electron chi connectivity index (χ3n) is 1.57. The standard InChI is InChI=1S/C11H12ClNO2/c12-8-4-5-9-13-11(14)15-10-6-2-1-3-7-10/h1-7H,8-9H2,(H,13,14)/b5-4+. The van der Waals surface area contributed by atoms with Crippen molar-refractivity contribution in [2.45, 2.75) is 0 Å². The Hall–Kier alpha value is -1.48. The number of ether oxygens (including phenoxy) is 1. The molecule has 0 heterocycles. The number of hydrogen-bond donors (Lipinski definition) is 1. The molecule has 1 rings (SSSR count). The lowest BCUT2D eigenvalue weighted by Crippen LogP contribution is -2.26. The Labute approximate surface area is 93.7 Å². The summed E-state index contributed by atoms with van der Waals surface area (Å²) in [5.41, 5.74) is 0. The molecule has 0 aromatic heterocycles. The van der Waals surface area contributed by atoms with Crippen molar-refractivity contribution in [3.8, 4) is 5.75 Å². The van der Waals surface area contributed by atoms with Crippen molar-refractivity contribution in [2.75, 3.05) is 12.4 Å². The summed E-state index contributed by atoms with van der Waals surface area (Å²) in [5.74, 6) is 0.964. The van der Waals surface area contributed by atoms with Crippen molar-refractivity contribution >= 4 is 17.7 Å². The number of para-hydroxylation sites is 1. The molecule has 80 valence electrons. The molecule has 0 spiro atoms. The van der Waals surface area contributed by atoms with Crippen LogP contribution in [0.25, 0.3) is 0 Å². The first-order valence-electron chi connectivity index (χ1n) is 4.54. The van der Waals surface area contributed by atoms with Crippen molar-refractivity contribution in [3.05, 3.63) is 42.5 Å².